The third-order valence-corrected chi connectivity index (χ3v) is 2.46. The summed E-state index contributed by atoms with van der Waals surface area (Å²) >= 11 is 0. The molecule has 0 bridgehead atoms. The molecule has 0 saturated carbocycles. The van der Waals surface area contributed by atoms with Crippen LogP contribution in [0, 0.1) is 5.82 Å². The summed E-state index contributed by atoms with van der Waals surface area (Å²) < 4.78 is 18.4. The van der Waals surface area contributed by atoms with Crippen LogP contribution in [0.25, 0.3) is 0 Å². The van der Waals surface area contributed by atoms with Gasteiger partial charge in [0.2, 0.25) is 5.91 Å². The Balaban J connectivity index is 2.56. The molecule has 2 N–H and O–H groups in total. The Morgan fingerprint density at radius 2 is 2.15 bits per heavy atom. The van der Waals surface area contributed by atoms with Crippen molar-refractivity contribution in [2.45, 2.75) is 12.5 Å². The van der Waals surface area contributed by atoms with Gasteiger partial charge in [0, 0.05) is 0 Å². The largest absolute Gasteiger partial charge is 0.480 e. The van der Waals surface area contributed by atoms with Gasteiger partial charge >= 0.3 is 5.97 Å². The molecule has 0 spiro atoms. The Morgan fingerprint density at radius 3 is 2.75 bits per heavy atom. The van der Waals surface area contributed by atoms with E-state index in [1.165, 1.54) is 24.3 Å². The summed E-state index contributed by atoms with van der Waals surface area (Å²) in [4.78, 5) is 22.6. The van der Waals surface area contributed by atoms with Gasteiger partial charge < -0.3 is 15.2 Å². The number of carbonyl (C=O) groups excluding carboxylic acids is 1. The minimum Gasteiger partial charge on any atom is -0.480 e. The van der Waals surface area contributed by atoms with Crippen molar-refractivity contribution in [2.24, 2.45) is 0 Å². The molecule has 0 aliphatic carbocycles. The van der Waals surface area contributed by atoms with Crippen LogP contribution in [0.15, 0.2) is 36.9 Å². The van der Waals surface area contributed by atoms with E-state index in [4.69, 9.17) is 9.84 Å². The lowest BCUT2D eigenvalue weighted by atomic mass is 10.1. The van der Waals surface area contributed by atoms with Crippen molar-refractivity contribution in [1.29, 1.82) is 0 Å². The Kier molecular flexibility index (Phi) is 6.39. The second-order valence-corrected chi connectivity index (χ2v) is 4.05. The first-order valence-corrected chi connectivity index (χ1v) is 5.98. The Bertz CT molecular complexity index is 490. The fourth-order valence-corrected chi connectivity index (χ4v) is 1.50. The second-order valence-electron chi connectivity index (χ2n) is 4.05. The molecule has 1 unspecified atom stereocenters. The van der Waals surface area contributed by atoms with Crippen molar-refractivity contribution in [1.82, 2.24) is 5.32 Å². The summed E-state index contributed by atoms with van der Waals surface area (Å²) in [6.07, 6.45) is 1.25. The zero-order valence-corrected chi connectivity index (χ0v) is 10.8. The molecule has 108 valence electrons. The van der Waals surface area contributed by atoms with Gasteiger partial charge in [-0.25, -0.2) is 9.18 Å². The van der Waals surface area contributed by atoms with E-state index in [0.29, 0.717) is 0 Å². The van der Waals surface area contributed by atoms with Gasteiger partial charge in [-0.15, -0.1) is 6.58 Å². The number of aliphatic carboxylic acids is 1. The molecule has 0 radical (unpaired) electrons. The van der Waals surface area contributed by atoms with Crippen LogP contribution in [0.3, 0.4) is 0 Å². The molecular formula is C14H16FNO4. The molecule has 6 heteroatoms. The van der Waals surface area contributed by atoms with E-state index < -0.39 is 23.7 Å². The van der Waals surface area contributed by atoms with Crippen LogP contribution >= 0.6 is 0 Å². The monoisotopic (exact) mass is 281 g/mol. The van der Waals surface area contributed by atoms with Crippen LogP contribution in [0.5, 0.6) is 0 Å². The highest BCUT2D eigenvalue weighted by Crippen LogP contribution is 2.07. The third-order valence-electron chi connectivity index (χ3n) is 2.46. The Hall–Kier alpha value is -2.21. The number of hydrogen-bond donors (Lipinski definition) is 2. The van der Waals surface area contributed by atoms with Crippen LogP contribution in [0.1, 0.15) is 5.56 Å². The lowest BCUT2D eigenvalue weighted by Crippen LogP contribution is -2.44. The van der Waals surface area contributed by atoms with Crippen molar-refractivity contribution >= 4 is 11.9 Å². The minimum absolute atomic E-state index is 0.176. The van der Waals surface area contributed by atoms with E-state index in [1.54, 1.807) is 6.07 Å². The van der Waals surface area contributed by atoms with E-state index in [1.807, 2.05) is 0 Å². The number of benzene rings is 1. The van der Waals surface area contributed by atoms with Crippen molar-refractivity contribution in [3.63, 3.8) is 0 Å². The van der Waals surface area contributed by atoms with Gasteiger partial charge in [-0.3, -0.25) is 4.79 Å². The number of carboxylic acids is 1. The summed E-state index contributed by atoms with van der Waals surface area (Å²) in [5.74, 6) is -2.29. The molecule has 0 heterocycles. The SMILES string of the molecule is C=CCOCC(NC(=O)Cc1ccccc1F)C(=O)O. The predicted octanol–water partition coefficient (Wildman–Crippen LogP) is 1.14. The van der Waals surface area contributed by atoms with Crippen LogP contribution < -0.4 is 5.32 Å². The fourth-order valence-electron chi connectivity index (χ4n) is 1.50. The number of hydrogen-bond acceptors (Lipinski definition) is 3. The Labute approximate surface area is 116 Å². The molecule has 0 fully saturated rings. The molecule has 1 atom stereocenters. The molecule has 5 nitrogen and oxygen atoms in total. The number of rotatable bonds is 8. The van der Waals surface area contributed by atoms with Gasteiger partial charge in [-0.05, 0) is 11.6 Å². The lowest BCUT2D eigenvalue weighted by molar-refractivity contribution is -0.143. The minimum atomic E-state index is -1.21. The molecule has 20 heavy (non-hydrogen) atoms. The fraction of sp³-hybridized carbons (Fsp3) is 0.286. The number of nitrogens with one attached hydrogen (secondary N) is 1. The standard InChI is InChI=1S/C14H16FNO4/c1-2-7-20-9-12(14(18)19)16-13(17)8-10-5-3-4-6-11(10)15/h2-6,12H,1,7-9H2,(H,16,17)(H,18,19). The number of amides is 1. The van der Waals surface area contributed by atoms with Gasteiger partial charge in [0.25, 0.3) is 0 Å². The van der Waals surface area contributed by atoms with Gasteiger partial charge in [0.05, 0.1) is 19.6 Å². The molecule has 1 aromatic carbocycles. The molecule has 0 aliphatic heterocycles. The van der Waals surface area contributed by atoms with Gasteiger partial charge in [-0.1, -0.05) is 24.3 Å². The highest BCUT2D eigenvalue weighted by molar-refractivity contribution is 5.84. The summed E-state index contributed by atoms with van der Waals surface area (Å²) in [5.41, 5.74) is 0.209. The van der Waals surface area contributed by atoms with E-state index in [2.05, 4.69) is 11.9 Å². The van der Waals surface area contributed by atoms with Crippen LogP contribution in [-0.2, 0) is 20.7 Å². The molecular weight excluding hydrogens is 265 g/mol. The Morgan fingerprint density at radius 1 is 1.45 bits per heavy atom. The van der Waals surface area contributed by atoms with Gasteiger partial charge in [0.1, 0.15) is 5.82 Å². The predicted molar refractivity (Wildman–Crippen MR) is 70.7 cm³/mol. The highest BCUT2D eigenvalue weighted by atomic mass is 19.1. The molecule has 1 rings (SSSR count). The molecule has 1 aromatic rings. The lowest BCUT2D eigenvalue weighted by Gasteiger charge is -2.14. The van der Waals surface area contributed by atoms with Crippen molar-refractivity contribution in [3.05, 3.63) is 48.3 Å². The van der Waals surface area contributed by atoms with Gasteiger partial charge in [0.15, 0.2) is 6.04 Å². The van der Waals surface area contributed by atoms with Crippen molar-refractivity contribution in [2.75, 3.05) is 13.2 Å². The van der Waals surface area contributed by atoms with Crippen molar-refractivity contribution in [3.8, 4) is 0 Å². The molecule has 0 saturated heterocycles. The smallest absolute Gasteiger partial charge is 0.328 e. The first-order valence-electron chi connectivity index (χ1n) is 5.98. The summed E-state index contributed by atoms with van der Waals surface area (Å²) in [5, 5.41) is 11.2. The van der Waals surface area contributed by atoms with Crippen LogP contribution in [-0.4, -0.2) is 36.2 Å². The zero-order valence-electron chi connectivity index (χ0n) is 10.8. The number of carbonyl (C=O) groups is 2. The van der Waals surface area contributed by atoms with E-state index >= 15 is 0 Å². The maximum Gasteiger partial charge on any atom is 0.328 e. The maximum atomic E-state index is 13.4. The summed E-state index contributed by atoms with van der Waals surface area (Å²) in [7, 11) is 0. The van der Waals surface area contributed by atoms with E-state index in [-0.39, 0.29) is 25.2 Å². The number of carboxylic acid groups (broad SMARTS) is 1. The molecule has 1 amide bonds. The van der Waals surface area contributed by atoms with Crippen LogP contribution in [0.2, 0.25) is 0 Å². The number of halogens is 1. The van der Waals surface area contributed by atoms with E-state index in [0.717, 1.165) is 0 Å². The molecule has 0 aliphatic rings. The topological polar surface area (TPSA) is 75.6 Å². The highest BCUT2D eigenvalue weighted by Gasteiger charge is 2.20. The number of ether oxygens (including phenoxy) is 1. The normalized spacial score (nSPS) is 11.7. The van der Waals surface area contributed by atoms with Crippen molar-refractivity contribution < 1.29 is 23.8 Å². The van der Waals surface area contributed by atoms with Crippen LogP contribution in [0.4, 0.5) is 4.39 Å². The summed E-state index contributed by atoms with van der Waals surface area (Å²) in [6, 6.07) is 4.66. The first kappa shape index (κ1) is 15.8. The second kappa shape index (κ2) is 8.06. The first-order chi connectivity index (χ1) is 9.54. The van der Waals surface area contributed by atoms with Gasteiger partial charge in [-0.2, -0.15) is 0 Å². The average Bonchev–Trinajstić information content (AvgIpc) is 2.40. The summed E-state index contributed by atoms with van der Waals surface area (Å²) in [6.45, 7) is 3.44. The van der Waals surface area contributed by atoms with E-state index in [9.17, 15) is 14.0 Å². The maximum absolute atomic E-state index is 13.4. The third kappa shape index (κ3) is 5.19. The zero-order chi connectivity index (χ0) is 15.0. The quantitative estimate of drug-likeness (QED) is 0.553. The average molecular weight is 281 g/mol. The molecule has 0 aromatic heterocycles.